The number of imide groups is 1. The molecule has 0 atom stereocenters. The van der Waals surface area contributed by atoms with Gasteiger partial charge in [-0.1, -0.05) is 12.1 Å². The smallest absolute Gasteiger partial charge is 0.258 e. The number of carbonyl (C=O) groups is 2. The predicted octanol–water partition coefficient (Wildman–Crippen LogP) is 3.65. The van der Waals surface area contributed by atoms with Gasteiger partial charge in [-0.15, -0.1) is 0 Å². The first-order valence-electron chi connectivity index (χ1n) is 5.61. The summed E-state index contributed by atoms with van der Waals surface area (Å²) in [5, 5.41) is 4.06. The summed E-state index contributed by atoms with van der Waals surface area (Å²) in [6.45, 7) is 0. The predicted molar refractivity (Wildman–Crippen MR) is 80.4 cm³/mol. The molecular formula is C14H5Br2NO2. The van der Waals surface area contributed by atoms with E-state index in [1.807, 2.05) is 12.1 Å². The Hall–Kier alpha value is -1.46. The van der Waals surface area contributed by atoms with Crippen molar-refractivity contribution in [2.45, 2.75) is 0 Å². The van der Waals surface area contributed by atoms with Gasteiger partial charge in [0.05, 0.1) is 0 Å². The number of hydrogen-bond donors (Lipinski definition) is 1. The maximum atomic E-state index is 11.9. The van der Waals surface area contributed by atoms with Crippen LogP contribution >= 0.6 is 31.9 Å². The minimum atomic E-state index is -0.333. The van der Waals surface area contributed by atoms with Crippen molar-refractivity contribution in [1.29, 1.82) is 0 Å². The molecule has 1 aliphatic carbocycles. The average Bonchev–Trinajstić information content (AvgIpc) is 2.65. The third-order valence-corrected chi connectivity index (χ3v) is 5.72. The molecule has 0 spiro atoms. The molecule has 0 saturated carbocycles. The fourth-order valence-electron chi connectivity index (χ4n) is 2.71. The van der Waals surface area contributed by atoms with Gasteiger partial charge in [0.15, 0.2) is 0 Å². The van der Waals surface area contributed by atoms with Gasteiger partial charge in [-0.3, -0.25) is 14.9 Å². The molecule has 1 aliphatic heterocycles. The van der Waals surface area contributed by atoms with Gasteiger partial charge < -0.3 is 0 Å². The molecule has 5 heteroatoms. The van der Waals surface area contributed by atoms with Crippen LogP contribution in [0.1, 0.15) is 31.8 Å². The van der Waals surface area contributed by atoms with Crippen LogP contribution in [0.3, 0.4) is 0 Å². The zero-order chi connectivity index (χ0) is 13.3. The Labute approximate surface area is 124 Å². The molecule has 0 unspecified atom stereocenters. The van der Waals surface area contributed by atoms with Crippen LogP contribution in [-0.4, -0.2) is 11.8 Å². The lowest BCUT2D eigenvalue weighted by Crippen LogP contribution is -2.34. The Kier molecular flexibility index (Phi) is 2.13. The van der Waals surface area contributed by atoms with Crippen LogP contribution in [0, 0.1) is 0 Å². The van der Waals surface area contributed by atoms with E-state index in [1.165, 1.54) is 0 Å². The quantitative estimate of drug-likeness (QED) is 0.711. The highest BCUT2D eigenvalue weighted by Gasteiger charge is 2.30. The normalized spacial score (nSPS) is 16.3. The van der Waals surface area contributed by atoms with Crippen LogP contribution in [0.5, 0.6) is 0 Å². The zero-order valence-electron chi connectivity index (χ0n) is 9.38. The first-order chi connectivity index (χ1) is 9.09. The molecule has 1 N–H and O–H groups in total. The molecule has 2 aromatic carbocycles. The summed E-state index contributed by atoms with van der Waals surface area (Å²) >= 11 is 7.09. The van der Waals surface area contributed by atoms with Crippen molar-refractivity contribution < 1.29 is 9.59 Å². The van der Waals surface area contributed by atoms with Crippen LogP contribution in [0.2, 0.25) is 0 Å². The van der Waals surface area contributed by atoms with E-state index in [9.17, 15) is 9.59 Å². The van der Waals surface area contributed by atoms with E-state index in [4.69, 9.17) is 0 Å². The van der Waals surface area contributed by atoms with Crippen LogP contribution in [0.25, 0.3) is 19.7 Å². The lowest BCUT2D eigenvalue weighted by Gasteiger charge is -2.17. The van der Waals surface area contributed by atoms with Crippen molar-refractivity contribution in [3.8, 4) is 0 Å². The van der Waals surface area contributed by atoms with Gasteiger partial charge in [0.2, 0.25) is 0 Å². The molecule has 19 heavy (non-hydrogen) atoms. The second kappa shape index (κ2) is 3.55. The van der Waals surface area contributed by atoms with Crippen molar-refractivity contribution in [2.24, 2.45) is 0 Å². The highest BCUT2D eigenvalue weighted by molar-refractivity contribution is 9.18. The van der Waals surface area contributed by atoms with E-state index < -0.39 is 0 Å². The molecular weight excluding hydrogens is 374 g/mol. The molecule has 0 saturated heterocycles. The first-order valence-corrected chi connectivity index (χ1v) is 7.19. The van der Waals surface area contributed by atoms with Crippen molar-refractivity contribution in [3.05, 3.63) is 46.5 Å². The maximum Gasteiger partial charge on any atom is 0.258 e. The van der Waals surface area contributed by atoms with E-state index in [0.29, 0.717) is 11.1 Å². The molecule has 0 bridgehead atoms. The summed E-state index contributed by atoms with van der Waals surface area (Å²) in [6, 6.07) is 7.33. The minimum absolute atomic E-state index is 0.333. The summed E-state index contributed by atoms with van der Waals surface area (Å²) in [4.78, 5) is 23.8. The van der Waals surface area contributed by atoms with Gasteiger partial charge in [-0.05, 0) is 55.1 Å². The zero-order valence-corrected chi connectivity index (χ0v) is 12.6. The summed E-state index contributed by atoms with van der Waals surface area (Å²) in [5.74, 6) is -0.666. The van der Waals surface area contributed by atoms with Gasteiger partial charge >= 0.3 is 0 Å². The summed E-state index contributed by atoms with van der Waals surface area (Å²) in [5.41, 5.74) is 3.12. The van der Waals surface area contributed by atoms with Gasteiger partial charge in [0.25, 0.3) is 11.8 Å². The van der Waals surface area contributed by atoms with Gasteiger partial charge in [0.1, 0.15) is 0 Å². The van der Waals surface area contributed by atoms with E-state index in [-0.39, 0.29) is 11.8 Å². The van der Waals surface area contributed by atoms with Crippen molar-refractivity contribution in [3.63, 3.8) is 0 Å². The lowest BCUT2D eigenvalue weighted by atomic mass is 9.92. The molecule has 2 aliphatic rings. The van der Waals surface area contributed by atoms with Crippen molar-refractivity contribution in [2.75, 3.05) is 0 Å². The summed E-state index contributed by atoms with van der Waals surface area (Å²) in [6.07, 6.45) is 0. The molecule has 3 nitrogen and oxygen atoms in total. The Morgan fingerprint density at radius 3 is 1.53 bits per heavy atom. The Morgan fingerprint density at radius 2 is 1.05 bits per heavy atom. The van der Waals surface area contributed by atoms with E-state index in [0.717, 1.165) is 30.9 Å². The number of halogens is 2. The monoisotopic (exact) mass is 377 g/mol. The number of nitrogens with one attached hydrogen (secondary N) is 1. The molecule has 4 rings (SSSR count). The fraction of sp³-hybridized carbons (Fsp3) is 0. The first kappa shape index (κ1) is 11.4. The Balaban J connectivity index is 2.29. The van der Waals surface area contributed by atoms with E-state index in [1.54, 1.807) is 12.1 Å². The molecule has 2 aromatic rings. The minimum Gasteiger partial charge on any atom is -0.288 e. The van der Waals surface area contributed by atoms with E-state index in [2.05, 4.69) is 37.2 Å². The van der Waals surface area contributed by atoms with Crippen LogP contribution in [-0.2, 0) is 0 Å². The largest absolute Gasteiger partial charge is 0.288 e. The van der Waals surface area contributed by atoms with Gasteiger partial charge in [-0.2, -0.15) is 0 Å². The average molecular weight is 379 g/mol. The highest BCUT2D eigenvalue weighted by Crippen LogP contribution is 2.49. The van der Waals surface area contributed by atoms with Crippen LogP contribution in [0.15, 0.2) is 24.3 Å². The number of carbonyl (C=O) groups excluding carboxylic acids is 2. The standard InChI is InChI=1S/C14H5Br2NO2/c15-11-5-1-3-7-10-8(14(19)17-13(7)18)4-2-6(9(5)10)12(11)16/h1-4H,(H,17,18,19). The Bertz CT molecular complexity index is 787. The second-order valence-corrected chi connectivity index (χ2v) is 6.07. The molecule has 92 valence electrons. The molecule has 1 heterocycles. The fourth-order valence-corrected chi connectivity index (χ4v) is 3.80. The lowest BCUT2D eigenvalue weighted by molar-refractivity contribution is 0.0845. The summed E-state index contributed by atoms with van der Waals surface area (Å²) < 4.78 is 1.90. The number of hydrogen-bond acceptors (Lipinski definition) is 2. The van der Waals surface area contributed by atoms with E-state index >= 15 is 0 Å². The van der Waals surface area contributed by atoms with Crippen molar-refractivity contribution in [1.82, 2.24) is 5.32 Å². The van der Waals surface area contributed by atoms with Crippen LogP contribution < -0.4 is 5.32 Å². The molecule has 0 fully saturated rings. The molecule has 0 radical (unpaired) electrons. The van der Waals surface area contributed by atoms with Crippen molar-refractivity contribution >= 4 is 63.4 Å². The molecule has 0 aromatic heterocycles. The Morgan fingerprint density at radius 1 is 0.684 bits per heavy atom. The SMILES string of the molecule is O=C1NC(=O)c2ccc3c4c(ccc1c24)C(Br)=C3Br. The second-order valence-electron chi connectivity index (χ2n) is 4.48. The number of benzene rings is 2. The highest BCUT2D eigenvalue weighted by atomic mass is 79.9. The topological polar surface area (TPSA) is 46.2 Å². The number of rotatable bonds is 0. The molecule has 2 amide bonds. The van der Waals surface area contributed by atoms with Gasteiger partial charge in [0, 0.05) is 30.9 Å². The summed E-state index contributed by atoms with van der Waals surface area (Å²) in [7, 11) is 0. The third kappa shape index (κ3) is 1.27. The van der Waals surface area contributed by atoms with Crippen LogP contribution in [0.4, 0.5) is 0 Å². The maximum absolute atomic E-state index is 11.9. The number of amides is 2. The van der Waals surface area contributed by atoms with Gasteiger partial charge in [-0.25, -0.2) is 0 Å². The third-order valence-electron chi connectivity index (χ3n) is 3.54.